The number of likely N-dealkylation sites (N-methyl/N-ethyl adjacent to an activating group) is 1. The fourth-order valence-corrected chi connectivity index (χ4v) is 3.75. The Morgan fingerprint density at radius 3 is 2.59 bits per heavy atom. The number of nitrogens with zero attached hydrogens (tertiary/aromatic N) is 2. The number of carbonyl (C=O) groups excluding carboxylic acids is 2. The Balaban J connectivity index is 1.41. The molecule has 6 nitrogen and oxygen atoms in total. The molecule has 29 heavy (non-hydrogen) atoms. The van der Waals surface area contributed by atoms with Crippen molar-refractivity contribution < 1.29 is 19.1 Å². The molecule has 152 valence electrons. The van der Waals surface area contributed by atoms with E-state index in [0.717, 1.165) is 26.5 Å². The molecule has 1 aromatic heterocycles. The van der Waals surface area contributed by atoms with E-state index in [1.54, 1.807) is 18.4 Å². The van der Waals surface area contributed by atoms with Crippen LogP contribution < -0.4 is 4.74 Å². The Morgan fingerprint density at radius 2 is 1.86 bits per heavy atom. The van der Waals surface area contributed by atoms with Crippen molar-refractivity contribution in [2.75, 3.05) is 20.3 Å². The van der Waals surface area contributed by atoms with Crippen molar-refractivity contribution in [2.24, 2.45) is 0 Å². The minimum absolute atomic E-state index is 0.204. The zero-order valence-electron chi connectivity index (χ0n) is 16.6. The zero-order chi connectivity index (χ0) is 20.6. The normalized spacial score (nSPS) is 10.7. The molecule has 0 radical (unpaired) electrons. The van der Waals surface area contributed by atoms with Crippen LogP contribution in [0.5, 0.6) is 5.75 Å². The summed E-state index contributed by atoms with van der Waals surface area (Å²) in [6, 6.07) is 15.4. The molecule has 0 bridgehead atoms. The smallest absolute Gasteiger partial charge is 0.306 e. The predicted molar refractivity (Wildman–Crippen MR) is 113 cm³/mol. The molecule has 3 aromatic rings. The van der Waals surface area contributed by atoms with E-state index in [1.165, 1.54) is 4.90 Å². The van der Waals surface area contributed by atoms with Crippen LogP contribution in [0.4, 0.5) is 0 Å². The number of hydrogen-bond acceptors (Lipinski definition) is 6. The van der Waals surface area contributed by atoms with Gasteiger partial charge < -0.3 is 14.4 Å². The van der Waals surface area contributed by atoms with Crippen LogP contribution in [0.3, 0.4) is 0 Å². The molecule has 3 rings (SSSR count). The number of amides is 1. The van der Waals surface area contributed by atoms with Crippen molar-refractivity contribution in [3.05, 3.63) is 59.1 Å². The highest BCUT2D eigenvalue weighted by Crippen LogP contribution is 2.22. The van der Waals surface area contributed by atoms with E-state index >= 15 is 0 Å². The maximum Gasteiger partial charge on any atom is 0.306 e. The summed E-state index contributed by atoms with van der Waals surface area (Å²) in [5.74, 6) is 0.159. The third-order valence-electron chi connectivity index (χ3n) is 4.32. The van der Waals surface area contributed by atoms with Crippen LogP contribution >= 0.6 is 11.3 Å². The van der Waals surface area contributed by atoms with Crippen molar-refractivity contribution in [3.63, 3.8) is 0 Å². The number of ether oxygens (including phenoxy) is 2. The molecule has 0 saturated heterocycles. The fourth-order valence-electron chi connectivity index (χ4n) is 2.78. The summed E-state index contributed by atoms with van der Waals surface area (Å²) in [6.45, 7) is 2.73. The monoisotopic (exact) mass is 412 g/mol. The average Bonchev–Trinajstić information content (AvgIpc) is 3.15. The maximum absolute atomic E-state index is 12.2. The standard InChI is InChI=1S/C22H24N2O4S/c1-3-27-17-10-8-16(9-11-17)14-24(2)21(25)15-28-22(26)13-12-20-23-18-6-4-5-7-19(18)29-20/h4-11H,3,12-15H2,1-2H3. The largest absolute Gasteiger partial charge is 0.494 e. The van der Waals surface area contributed by atoms with Gasteiger partial charge in [0.25, 0.3) is 5.91 Å². The molecule has 0 aliphatic heterocycles. The minimum Gasteiger partial charge on any atom is -0.494 e. The first-order valence-electron chi connectivity index (χ1n) is 9.51. The lowest BCUT2D eigenvalue weighted by atomic mass is 10.2. The van der Waals surface area contributed by atoms with Crippen LogP contribution in [0.15, 0.2) is 48.5 Å². The lowest BCUT2D eigenvalue weighted by molar-refractivity contribution is -0.151. The van der Waals surface area contributed by atoms with Gasteiger partial charge in [-0.1, -0.05) is 24.3 Å². The highest BCUT2D eigenvalue weighted by molar-refractivity contribution is 7.18. The first-order chi connectivity index (χ1) is 14.0. The predicted octanol–water partition coefficient (Wildman–Crippen LogP) is 3.83. The van der Waals surface area contributed by atoms with Crippen LogP contribution in [0.1, 0.15) is 23.9 Å². The van der Waals surface area contributed by atoms with Gasteiger partial charge in [0, 0.05) is 20.0 Å². The molecule has 1 heterocycles. The van der Waals surface area contributed by atoms with Gasteiger partial charge in [0.1, 0.15) is 5.75 Å². The Kier molecular flexibility index (Phi) is 7.19. The summed E-state index contributed by atoms with van der Waals surface area (Å²) in [7, 11) is 1.69. The fraction of sp³-hybridized carbons (Fsp3) is 0.318. The van der Waals surface area contributed by atoms with E-state index in [1.807, 2.05) is 55.5 Å². The summed E-state index contributed by atoms with van der Waals surface area (Å²) >= 11 is 1.57. The number of aryl methyl sites for hydroxylation is 1. The summed E-state index contributed by atoms with van der Waals surface area (Å²) < 4.78 is 11.6. The second-order valence-electron chi connectivity index (χ2n) is 6.56. The second kappa shape index (κ2) is 10.0. The van der Waals surface area contributed by atoms with Crippen molar-refractivity contribution in [1.29, 1.82) is 0 Å². The van der Waals surface area contributed by atoms with Crippen molar-refractivity contribution in [1.82, 2.24) is 9.88 Å². The van der Waals surface area contributed by atoms with Crippen LogP contribution in [-0.4, -0.2) is 42.0 Å². The highest BCUT2D eigenvalue weighted by Gasteiger charge is 2.13. The summed E-state index contributed by atoms with van der Waals surface area (Å²) in [5.41, 5.74) is 1.92. The Labute approximate surface area is 174 Å². The third kappa shape index (κ3) is 6.02. The maximum atomic E-state index is 12.2. The molecule has 0 spiro atoms. The van der Waals surface area contributed by atoms with Crippen molar-refractivity contribution in [3.8, 4) is 5.75 Å². The number of para-hydroxylation sites is 1. The van der Waals surface area contributed by atoms with Crippen LogP contribution in [0, 0.1) is 0 Å². The molecule has 0 aliphatic rings. The zero-order valence-corrected chi connectivity index (χ0v) is 17.4. The van der Waals surface area contributed by atoms with E-state index in [9.17, 15) is 9.59 Å². The SMILES string of the molecule is CCOc1ccc(CN(C)C(=O)COC(=O)CCc2nc3ccccc3s2)cc1. The summed E-state index contributed by atoms with van der Waals surface area (Å²) in [5, 5.41) is 0.891. The lowest BCUT2D eigenvalue weighted by Gasteiger charge is -2.17. The van der Waals surface area contributed by atoms with Gasteiger partial charge in [-0.2, -0.15) is 0 Å². The number of thiazole rings is 1. The average molecular weight is 413 g/mol. The van der Waals surface area contributed by atoms with Gasteiger partial charge in [-0.3, -0.25) is 9.59 Å². The molecule has 2 aromatic carbocycles. The van der Waals surface area contributed by atoms with Gasteiger partial charge in [0.15, 0.2) is 6.61 Å². The van der Waals surface area contributed by atoms with Gasteiger partial charge in [0.05, 0.1) is 28.3 Å². The number of aromatic nitrogens is 1. The van der Waals surface area contributed by atoms with E-state index in [0.29, 0.717) is 19.6 Å². The summed E-state index contributed by atoms with van der Waals surface area (Å²) in [4.78, 5) is 30.3. The Morgan fingerprint density at radius 1 is 1.10 bits per heavy atom. The lowest BCUT2D eigenvalue weighted by Crippen LogP contribution is -2.30. The topological polar surface area (TPSA) is 68.7 Å². The summed E-state index contributed by atoms with van der Waals surface area (Å²) in [6.07, 6.45) is 0.712. The van der Waals surface area contributed by atoms with Gasteiger partial charge in [-0.25, -0.2) is 4.98 Å². The van der Waals surface area contributed by atoms with E-state index in [-0.39, 0.29) is 18.9 Å². The first kappa shape index (κ1) is 20.8. The molecule has 0 atom stereocenters. The molecule has 0 saturated carbocycles. The molecule has 0 fully saturated rings. The first-order valence-corrected chi connectivity index (χ1v) is 10.3. The van der Waals surface area contributed by atoms with Crippen LogP contribution in [-0.2, 0) is 27.3 Å². The number of esters is 1. The third-order valence-corrected chi connectivity index (χ3v) is 5.41. The van der Waals surface area contributed by atoms with Crippen molar-refractivity contribution in [2.45, 2.75) is 26.3 Å². The van der Waals surface area contributed by atoms with Gasteiger partial charge in [0.2, 0.25) is 0 Å². The molecule has 0 aliphatic carbocycles. The van der Waals surface area contributed by atoms with Crippen molar-refractivity contribution >= 4 is 33.4 Å². The molecule has 0 unspecified atom stereocenters. The second-order valence-corrected chi connectivity index (χ2v) is 7.68. The van der Waals surface area contributed by atoms with Gasteiger partial charge in [-0.15, -0.1) is 11.3 Å². The van der Waals surface area contributed by atoms with Gasteiger partial charge in [-0.05, 0) is 36.8 Å². The number of rotatable bonds is 9. The van der Waals surface area contributed by atoms with E-state index < -0.39 is 5.97 Å². The molecular weight excluding hydrogens is 388 g/mol. The molecular formula is C22H24N2O4S. The molecule has 0 N–H and O–H groups in total. The number of hydrogen-bond donors (Lipinski definition) is 0. The van der Waals surface area contributed by atoms with Crippen LogP contribution in [0.2, 0.25) is 0 Å². The Hall–Kier alpha value is -2.93. The van der Waals surface area contributed by atoms with E-state index in [2.05, 4.69) is 4.98 Å². The number of fused-ring (bicyclic) bond motifs is 1. The van der Waals surface area contributed by atoms with Gasteiger partial charge >= 0.3 is 5.97 Å². The van der Waals surface area contributed by atoms with Crippen LogP contribution in [0.25, 0.3) is 10.2 Å². The number of carbonyl (C=O) groups is 2. The minimum atomic E-state index is -0.396. The molecule has 7 heteroatoms. The highest BCUT2D eigenvalue weighted by atomic mass is 32.1. The Bertz CT molecular complexity index is 935. The quantitative estimate of drug-likeness (QED) is 0.500. The van der Waals surface area contributed by atoms with E-state index in [4.69, 9.17) is 9.47 Å². The molecule has 1 amide bonds. The number of benzene rings is 2.